The van der Waals surface area contributed by atoms with Gasteiger partial charge in [-0.15, -0.1) is 0 Å². The molecule has 1 aliphatic rings. The average Bonchev–Trinajstić information content (AvgIpc) is 2.44. The number of phenolic OH excluding ortho intramolecular Hbond substituents is 1. The number of hydrogen-bond donors (Lipinski definition) is 3. The summed E-state index contributed by atoms with van der Waals surface area (Å²) in [6, 6.07) is 4.81. The van der Waals surface area contributed by atoms with Gasteiger partial charge >= 0.3 is 0 Å². The highest BCUT2D eigenvalue weighted by molar-refractivity contribution is 5.98. The molecule has 0 spiro atoms. The highest BCUT2D eigenvalue weighted by Gasteiger charge is 2.16. The lowest BCUT2D eigenvalue weighted by atomic mass is 9.99. The fourth-order valence-corrected chi connectivity index (χ4v) is 2.45. The number of likely N-dealkylation sites (tertiary alicyclic amines) is 1. The lowest BCUT2D eigenvalue weighted by Crippen LogP contribution is -2.39. The number of carbonyl (C=O) groups is 1. The van der Waals surface area contributed by atoms with Crippen LogP contribution in [0.25, 0.3) is 0 Å². The zero-order valence-corrected chi connectivity index (χ0v) is 11.9. The van der Waals surface area contributed by atoms with Crippen LogP contribution in [0.3, 0.4) is 0 Å². The molecule has 0 atom stereocenters. The summed E-state index contributed by atoms with van der Waals surface area (Å²) in [5.74, 6) is 0.391. The maximum absolute atomic E-state index is 12.0. The number of benzene rings is 1. The molecule has 4 N–H and O–H groups in total. The van der Waals surface area contributed by atoms with E-state index in [1.807, 2.05) is 0 Å². The van der Waals surface area contributed by atoms with Gasteiger partial charge in [-0.2, -0.15) is 0 Å². The monoisotopic (exact) mass is 277 g/mol. The lowest BCUT2D eigenvalue weighted by Gasteiger charge is -2.30. The van der Waals surface area contributed by atoms with Crippen LogP contribution in [-0.2, 0) is 0 Å². The normalized spacial score (nSPS) is 17.1. The fraction of sp³-hybridized carbons (Fsp3) is 0.533. The van der Waals surface area contributed by atoms with Gasteiger partial charge in [0.25, 0.3) is 5.91 Å². The number of amides is 1. The molecule has 0 saturated carbocycles. The van der Waals surface area contributed by atoms with E-state index in [9.17, 15) is 9.90 Å². The molecular formula is C15H23N3O2. The molecule has 1 heterocycles. The van der Waals surface area contributed by atoms with E-state index in [1.54, 1.807) is 18.2 Å². The first-order valence-corrected chi connectivity index (χ1v) is 7.16. The molecule has 5 heteroatoms. The van der Waals surface area contributed by atoms with E-state index in [0.717, 1.165) is 25.6 Å². The second-order valence-electron chi connectivity index (χ2n) is 5.52. The summed E-state index contributed by atoms with van der Waals surface area (Å²) in [5.41, 5.74) is 6.04. The molecule has 20 heavy (non-hydrogen) atoms. The van der Waals surface area contributed by atoms with Crippen molar-refractivity contribution in [3.63, 3.8) is 0 Å². The number of nitrogens with two attached hydrogens (primary N) is 1. The maximum atomic E-state index is 12.0. The van der Waals surface area contributed by atoms with Gasteiger partial charge in [0.2, 0.25) is 0 Å². The Bertz CT molecular complexity index is 468. The number of nitrogen functional groups attached to an aromatic ring is 1. The maximum Gasteiger partial charge on any atom is 0.255 e. The Labute approximate surface area is 119 Å². The lowest BCUT2D eigenvalue weighted by molar-refractivity contribution is 0.0942. The molecule has 1 saturated heterocycles. The number of carbonyl (C=O) groups excluding carboxylic acids is 1. The van der Waals surface area contributed by atoms with Crippen LogP contribution in [-0.4, -0.2) is 42.1 Å². The summed E-state index contributed by atoms with van der Waals surface area (Å²) in [5, 5.41) is 12.6. The Morgan fingerprint density at radius 3 is 2.85 bits per heavy atom. The average molecular weight is 277 g/mol. The second kappa shape index (κ2) is 6.61. The number of nitrogens with zero attached hydrogens (tertiary/aromatic N) is 1. The van der Waals surface area contributed by atoms with E-state index in [4.69, 9.17) is 5.73 Å². The molecule has 1 aromatic carbocycles. The number of phenols is 1. The van der Waals surface area contributed by atoms with Crippen molar-refractivity contribution >= 4 is 11.6 Å². The predicted octanol–water partition coefficient (Wildman–Crippen LogP) is 1.44. The van der Waals surface area contributed by atoms with Gasteiger partial charge in [-0.05, 0) is 44.0 Å². The fourth-order valence-electron chi connectivity index (χ4n) is 2.45. The minimum absolute atomic E-state index is 0.142. The number of aromatic hydroxyl groups is 1. The molecule has 1 aromatic rings. The molecule has 0 aromatic heterocycles. The van der Waals surface area contributed by atoms with Crippen molar-refractivity contribution in [1.29, 1.82) is 0 Å². The number of para-hydroxylation sites is 1. The van der Waals surface area contributed by atoms with Crippen molar-refractivity contribution in [2.75, 3.05) is 31.9 Å². The molecule has 110 valence electrons. The van der Waals surface area contributed by atoms with Crippen LogP contribution < -0.4 is 11.1 Å². The summed E-state index contributed by atoms with van der Waals surface area (Å²) in [6.07, 6.45) is 2.45. The van der Waals surface area contributed by atoms with Crippen molar-refractivity contribution in [2.45, 2.75) is 19.8 Å². The zero-order valence-electron chi connectivity index (χ0n) is 11.9. The van der Waals surface area contributed by atoms with Gasteiger partial charge in [-0.3, -0.25) is 4.79 Å². The summed E-state index contributed by atoms with van der Waals surface area (Å²) in [4.78, 5) is 14.3. The van der Waals surface area contributed by atoms with E-state index in [-0.39, 0.29) is 22.9 Å². The SMILES string of the molecule is CC1CCN(CCNC(=O)c2cccc(N)c2O)CC1. The number of nitrogens with one attached hydrogen (secondary N) is 1. The van der Waals surface area contributed by atoms with Gasteiger partial charge in [0, 0.05) is 13.1 Å². The third kappa shape index (κ3) is 3.63. The molecule has 0 radical (unpaired) electrons. The van der Waals surface area contributed by atoms with E-state index >= 15 is 0 Å². The Morgan fingerprint density at radius 1 is 1.45 bits per heavy atom. The molecule has 0 aliphatic carbocycles. The summed E-state index contributed by atoms with van der Waals surface area (Å²) < 4.78 is 0. The Morgan fingerprint density at radius 2 is 2.15 bits per heavy atom. The first-order chi connectivity index (χ1) is 9.58. The first kappa shape index (κ1) is 14.7. The molecule has 1 fully saturated rings. The van der Waals surface area contributed by atoms with Crippen LogP contribution in [0.15, 0.2) is 18.2 Å². The quantitative estimate of drug-likeness (QED) is 0.575. The van der Waals surface area contributed by atoms with Crippen LogP contribution in [0, 0.1) is 5.92 Å². The molecule has 0 unspecified atom stereocenters. The number of anilines is 1. The predicted molar refractivity (Wildman–Crippen MR) is 79.7 cm³/mol. The van der Waals surface area contributed by atoms with Crippen LogP contribution in [0.4, 0.5) is 5.69 Å². The molecule has 1 amide bonds. The van der Waals surface area contributed by atoms with Gasteiger partial charge < -0.3 is 21.1 Å². The summed E-state index contributed by atoms with van der Waals surface area (Å²) in [6.45, 7) is 5.91. The third-order valence-corrected chi connectivity index (χ3v) is 3.90. The number of rotatable bonds is 4. The molecule has 0 bridgehead atoms. The van der Waals surface area contributed by atoms with E-state index in [0.29, 0.717) is 6.54 Å². The summed E-state index contributed by atoms with van der Waals surface area (Å²) >= 11 is 0. The Kier molecular flexibility index (Phi) is 4.84. The smallest absolute Gasteiger partial charge is 0.255 e. The number of hydrogen-bond acceptors (Lipinski definition) is 4. The van der Waals surface area contributed by atoms with Gasteiger partial charge in [0.15, 0.2) is 5.75 Å². The number of piperidine rings is 1. The minimum atomic E-state index is -0.278. The Hall–Kier alpha value is -1.75. The van der Waals surface area contributed by atoms with Crippen LogP contribution in [0.5, 0.6) is 5.75 Å². The van der Waals surface area contributed by atoms with Crippen molar-refractivity contribution < 1.29 is 9.90 Å². The van der Waals surface area contributed by atoms with Gasteiger partial charge in [0.05, 0.1) is 11.3 Å². The van der Waals surface area contributed by atoms with Gasteiger partial charge in [0.1, 0.15) is 0 Å². The van der Waals surface area contributed by atoms with Crippen molar-refractivity contribution in [2.24, 2.45) is 5.92 Å². The second-order valence-corrected chi connectivity index (χ2v) is 5.52. The van der Waals surface area contributed by atoms with Crippen LogP contribution in [0.2, 0.25) is 0 Å². The van der Waals surface area contributed by atoms with E-state index in [1.165, 1.54) is 12.8 Å². The third-order valence-electron chi connectivity index (χ3n) is 3.90. The molecular weight excluding hydrogens is 254 g/mol. The van der Waals surface area contributed by atoms with E-state index in [2.05, 4.69) is 17.1 Å². The Balaban J connectivity index is 1.79. The van der Waals surface area contributed by atoms with Gasteiger partial charge in [-0.25, -0.2) is 0 Å². The van der Waals surface area contributed by atoms with Crippen molar-refractivity contribution in [1.82, 2.24) is 10.2 Å². The molecule has 5 nitrogen and oxygen atoms in total. The highest BCUT2D eigenvalue weighted by atomic mass is 16.3. The summed E-state index contributed by atoms with van der Waals surface area (Å²) in [7, 11) is 0. The van der Waals surface area contributed by atoms with E-state index < -0.39 is 0 Å². The van der Waals surface area contributed by atoms with Crippen molar-refractivity contribution in [3.05, 3.63) is 23.8 Å². The van der Waals surface area contributed by atoms with Gasteiger partial charge in [-0.1, -0.05) is 13.0 Å². The largest absolute Gasteiger partial charge is 0.505 e. The zero-order chi connectivity index (χ0) is 14.5. The molecule has 2 rings (SSSR count). The molecule has 1 aliphatic heterocycles. The van der Waals surface area contributed by atoms with Crippen molar-refractivity contribution in [3.8, 4) is 5.75 Å². The minimum Gasteiger partial charge on any atom is -0.505 e. The first-order valence-electron chi connectivity index (χ1n) is 7.16. The standard InChI is InChI=1S/C15H23N3O2/c1-11-5-8-18(9-6-11)10-7-17-15(20)12-3-2-4-13(16)14(12)19/h2-4,11,19H,5-10,16H2,1H3,(H,17,20). The van der Waals surface area contributed by atoms with Crippen LogP contribution >= 0.6 is 0 Å². The topological polar surface area (TPSA) is 78.6 Å². The van der Waals surface area contributed by atoms with Crippen LogP contribution in [0.1, 0.15) is 30.1 Å². The highest BCUT2D eigenvalue weighted by Crippen LogP contribution is 2.24.